The van der Waals surface area contributed by atoms with Gasteiger partial charge in [0.2, 0.25) is 5.91 Å². The Labute approximate surface area is 121 Å². The molecule has 21 heavy (non-hydrogen) atoms. The van der Waals surface area contributed by atoms with E-state index in [0.717, 1.165) is 11.3 Å². The number of aromatic amines is 1. The predicted octanol–water partition coefficient (Wildman–Crippen LogP) is 1.85. The van der Waals surface area contributed by atoms with Gasteiger partial charge in [-0.15, -0.1) is 0 Å². The second kappa shape index (κ2) is 5.05. The van der Waals surface area contributed by atoms with Crippen molar-refractivity contribution >= 4 is 17.6 Å². The van der Waals surface area contributed by atoms with Crippen molar-refractivity contribution in [1.29, 1.82) is 0 Å². The summed E-state index contributed by atoms with van der Waals surface area (Å²) in [6.45, 7) is 1.53. The maximum Gasteiger partial charge on any atom is 0.358 e. The van der Waals surface area contributed by atoms with Crippen LogP contribution in [0.25, 0.3) is 0 Å². The number of carbonyl (C=O) groups is 2. The molecule has 0 fully saturated rings. The molecule has 1 aliphatic rings. The molecule has 1 aromatic heterocycles. The number of rotatable bonds is 2. The molecule has 1 aliphatic heterocycles. The Balaban J connectivity index is 1.98. The number of ether oxygens (including phenoxy) is 1. The van der Waals surface area contributed by atoms with Crippen LogP contribution in [-0.4, -0.2) is 29.0 Å². The van der Waals surface area contributed by atoms with E-state index in [-0.39, 0.29) is 17.6 Å². The van der Waals surface area contributed by atoms with Crippen molar-refractivity contribution in [3.05, 3.63) is 47.5 Å². The minimum atomic E-state index is -0.498. The second-order valence-electron chi connectivity index (χ2n) is 4.90. The molecule has 2 aromatic rings. The van der Waals surface area contributed by atoms with Gasteiger partial charge < -0.3 is 14.6 Å². The zero-order valence-corrected chi connectivity index (χ0v) is 11.8. The standard InChI is InChI=1S/C15H15N3O3/c1-9(19)18-12-6-4-3-5-10(12)7-13(18)14-16-8-11(17-14)15(20)21-2/h3-6,8,13H,7H2,1-2H3,(H,16,17). The summed E-state index contributed by atoms with van der Waals surface area (Å²) in [5.41, 5.74) is 2.20. The van der Waals surface area contributed by atoms with Crippen LogP contribution in [0.5, 0.6) is 0 Å². The monoisotopic (exact) mass is 285 g/mol. The Morgan fingerprint density at radius 3 is 2.86 bits per heavy atom. The number of fused-ring (bicyclic) bond motifs is 1. The fourth-order valence-corrected chi connectivity index (χ4v) is 2.71. The molecule has 0 saturated carbocycles. The van der Waals surface area contributed by atoms with Crippen LogP contribution in [0.3, 0.4) is 0 Å². The Kier molecular flexibility index (Phi) is 3.21. The van der Waals surface area contributed by atoms with Crippen molar-refractivity contribution in [2.24, 2.45) is 0 Å². The summed E-state index contributed by atoms with van der Waals surface area (Å²) in [4.78, 5) is 32.4. The SMILES string of the molecule is COC(=O)c1c[nH]c(C2Cc3ccccc3N2C(C)=O)n1. The van der Waals surface area contributed by atoms with Gasteiger partial charge in [-0.05, 0) is 11.6 Å². The van der Waals surface area contributed by atoms with Crippen LogP contribution >= 0.6 is 0 Å². The van der Waals surface area contributed by atoms with Crippen LogP contribution < -0.4 is 4.90 Å². The molecule has 1 N–H and O–H groups in total. The Bertz CT molecular complexity index is 708. The third-order valence-electron chi connectivity index (χ3n) is 3.62. The Hall–Kier alpha value is -2.63. The summed E-state index contributed by atoms with van der Waals surface area (Å²) in [5, 5.41) is 0. The van der Waals surface area contributed by atoms with E-state index in [4.69, 9.17) is 0 Å². The van der Waals surface area contributed by atoms with E-state index in [1.807, 2.05) is 24.3 Å². The summed E-state index contributed by atoms with van der Waals surface area (Å²) in [6.07, 6.45) is 2.17. The van der Waals surface area contributed by atoms with E-state index >= 15 is 0 Å². The molecule has 108 valence electrons. The number of methoxy groups -OCH3 is 1. The van der Waals surface area contributed by atoms with E-state index in [1.54, 1.807) is 4.90 Å². The first-order chi connectivity index (χ1) is 10.1. The second-order valence-corrected chi connectivity index (χ2v) is 4.90. The van der Waals surface area contributed by atoms with Crippen molar-refractivity contribution in [1.82, 2.24) is 9.97 Å². The van der Waals surface area contributed by atoms with Gasteiger partial charge in [-0.1, -0.05) is 18.2 Å². The van der Waals surface area contributed by atoms with Gasteiger partial charge in [0.1, 0.15) is 5.82 Å². The number of aromatic nitrogens is 2. The van der Waals surface area contributed by atoms with E-state index in [2.05, 4.69) is 14.7 Å². The van der Waals surface area contributed by atoms with Crippen molar-refractivity contribution in [3.63, 3.8) is 0 Å². The topological polar surface area (TPSA) is 75.3 Å². The Morgan fingerprint density at radius 1 is 1.38 bits per heavy atom. The first kappa shape index (κ1) is 13.4. The molecular formula is C15H15N3O3. The maximum atomic E-state index is 12.0. The number of amides is 1. The molecule has 0 saturated heterocycles. The van der Waals surface area contributed by atoms with Gasteiger partial charge in [-0.3, -0.25) is 4.79 Å². The van der Waals surface area contributed by atoms with Crippen LogP contribution in [0.4, 0.5) is 5.69 Å². The van der Waals surface area contributed by atoms with Gasteiger partial charge in [0.25, 0.3) is 0 Å². The van der Waals surface area contributed by atoms with Crippen molar-refractivity contribution < 1.29 is 14.3 Å². The fraction of sp³-hybridized carbons (Fsp3) is 0.267. The average molecular weight is 285 g/mol. The van der Waals surface area contributed by atoms with E-state index < -0.39 is 5.97 Å². The molecule has 6 nitrogen and oxygen atoms in total. The zero-order valence-electron chi connectivity index (χ0n) is 11.8. The van der Waals surface area contributed by atoms with E-state index in [0.29, 0.717) is 12.2 Å². The predicted molar refractivity (Wildman–Crippen MR) is 76.0 cm³/mol. The minimum Gasteiger partial charge on any atom is -0.464 e. The van der Waals surface area contributed by atoms with E-state index in [9.17, 15) is 9.59 Å². The molecule has 6 heteroatoms. The summed E-state index contributed by atoms with van der Waals surface area (Å²) < 4.78 is 4.65. The molecule has 1 amide bonds. The smallest absolute Gasteiger partial charge is 0.358 e. The number of carbonyl (C=O) groups excluding carboxylic acids is 2. The first-order valence-electron chi connectivity index (χ1n) is 6.63. The van der Waals surface area contributed by atoms with Crippen LogP contribution in [-0.2, 0) is 16.0 Å². The number of anilines is 1. The van der Waals surface area contributed by atoms with Crippen molar-refractivity contribution in [2.45, 2.75) is 19.4 Å². The van der Waals surface area contributed by atoms with Gasteiger partial charge in [0, 0.05) is 25.2 Å². The van der Waals surface area contributed by atoms with Crippen molar-refractivity contribution in [2.75, 3.05) is 12.0 Å². The summed E-state index contributed by atoms with van der Waals surface area (Å²) in [6, 6.07) is 7.54. The van der Waals surface area contributed by atoms with Crippen LogP contribution in [0.15, 0.2) is 30.5 Å². The molecular weight excluding hydrogens is 270 g/mol. The zero-order chi connectivity index (χ0) is 15.0. The van der Waals surface area contributed by atoms with Crippen LogP contribution in [0, 0.1) is 0 Å². The van der Waals surface area contributed by atoms with Crippen LogP contribution in [0.2, 0.25) is 0 Å². The molecule has 0 bridgehead atoms. The molecule has 0 radical (unpaired) electrons. The maximum absolute atomic E-state index is 12.0. The molecule has 1 aromatic carbocycles. The average Bonchev–Trinajstić information content (AvgIpc) is 3.10. The summed E-state index contributed by atoms with van der Waals surface area (Å²) in [5.74, 6) is 0.0326. The van der Waals surface area contributed by atoms with Crippen LogP contribution in [0.1, 0.15) is 34.8 Å². The van der Waals surface area contributed by atoms with Gasteiger partial charge in [0.05, 0.1) is 13.2 Å². The normalized spacial score (nSPS) is 16.7. The number of esters is 1. The number of hydrogen-bond acceptors (Lipinski definition) is 4. The number of para-hydroxylation sites is 1. The fourth-order valence-electron chi connectivity index (χ4n) is 2.71. The number of H-pyrrole nitrogens is 1. The highest BCUT2D eigenvalue weighted by molar-refractivity contribution is 5.94. The minimum absolute atomic E-state index is 0.0547. The summed E-state index contributed by atoms with van der Waals surface area (Å²) >= 11 is 0. The highest BCUT2D eigenvalue weighted by Gasteiger charge is 2.35. The van der Waals surface area contributed by atoms with Gasteiger partial charge in [-0.25, -0.2) is 9.78 Å². The molecule has 3 rings (SSSR count). The molecule has 2 heterocycles. The number of nitrogens with zero attached hydrogens (tertiary/aromatic N) is 2. The Morgan fingerprint density at radius 2 is 2.14 bits per heavy atom. The lowest BCUT2D eigenvalue weighted by molar-refractivity contribution is -0.117. The van der Waals surface area contributed by atoms with Gasteiger partial charge >= 0.3 is 5.97 Å². The molecule has 0 aliphatic carbocycles. The lowest BCUT2D eigenvalue weighted by Crippen LogP contribution is -2.30. The first-order valence-corrected chi connectivity index (χ1v) is 6.63. The number of benzene rings is 1. The lowest BCUT2D eigenvalue weighted by atomic mass is 10.1. The quantitative estimate of drug-likeness (QED) is 0.854. The third kappa shape index (κ3) is 2.18. The van der Waals surface area contributed by atoms with E-state index in [1.165, 1.54) is 20.2 Å². The van der Waals surface area contributed by atoms with Gasteiger partial charge in [0.15, 0.2) is 5.69 Å². The van der Waals surface area contributed by atoms with Crippen molar-refractivity contribution in [3.8, 4) is 0 Å². The largest absolute Gasteiger partial charge is 0.464 e. The number of imidazole rings is 1. The third-order valence-corrected chi connectivity index (χ3v) is 3.62. The summed E-state index contributed by atoms with van der Waals surface area (Å²) in [7, 11) is 1.31. The number of nitrogens with one attached hydrogen (secondary N) is 1. The molecule has 1 atom stereocenters. The highest BCUT2D eigenvalue weighted by atomic mass is 16.5. The lowest BCUT2D eigenvalue weighted by Gasteiger charge is -2.22. The molecule has 0 spiro atoms. The highest BCUT2D eigenvalue weighted by Crippen LogP contribution is 2.39. The molecule has 1 unspecified atom stereocenters. The number of hydrogen-bond donors (Lipinski definition) is 1. The van der Waals surface area contributed by atoms with Gasteiger partial charge in [-0.2, -0.15) is 0 Å².